The summed E-state index contributed by atoms with van der Waals surface area (Å²) in [4.78, 5) is 9.33. The molecule has 2 atom stereocenters. The molecule has 0 aromatic carbocycles. The lowest BCUT2D eigenvalue weighted by Crippen LogP contribution is -2.20. The summed E-state index contributed by atoms with van der Waals surface area (Å²) in [5.74, 6) is 2.39. The van der Waals surface area contributed by atoms with E-state index in [4.69, 9.17) is 4.74 Å². The van der Waals surface area contributed by atoms with E-state index < -0.39 is 0 Å². The standard InChI is InChI=1S/C14H23N3O/c1-9-7-12(9)14-16-10(2)13(11(3)17-14)8-15-5-6-18-4/h9,12,15H,5-8H2,1-4H3. The molecule has 2 rings (SSSR count). The molecule has 100 valence electrons. The summed E-state index contributed by atoms with van der Waals surface area (Å²) >= 11 is 0. The lowest BCUT2D eigenvalue weighted by atomic mass is 10.1. The van der Waals surface area contributed by atoms with Gasteiger partial charge in [-0.3, -0.25) is 0 Å². The second-order valence-electron chi connectivity index (χ2n) is 5.22. The highest BCUT2D eigenvalue weighted by molar-refractivity contribution is 5.26. The summed E-state index contributed by atoms with van der Waals surface area (Å²) in [6, 6.07) is 0. The van der Waals surface area contributed by atoms with Gasteiger partial charge in [0.15, 0.2) is 0 Å². The second kappa shape index (κ2) is 5.76. The van der Waals surface area contributed by atoms with E-state index >= 15 is 0 Å². The zero-order valence-corrected chi connectivity index (χ0v) is 11.8. The number of nitrogens with one attached hydrogen (secondary N) is 1. The van der Waals surface area contributed by atoms with Crippen LogP contribution in [0.15, 0.2) is 0 Å². The van der Waals surface area contributed by atoms with Gasteiger partial charge in [0.1, 0.15) is 5.82 Å². The largest absolute Gasteiger partial charge is 0.383 e. The number of rotatable bonds is 6. The third-order valence-electron chi connectivity index (χ3n) is 3.66. The highest BCUT2D eigenvalue weighted by atomic mass is 16.5. The molecule has 1 aromatic rings. The topological polar surface area (TPSA) is 47.0 Å². The van der Waals surface area contributed by atoms with Gasteiger partial charge in [-0.2, -0.15) is 0 Å². The minimum atomic E-state index is 0.595. The second-order valence-corrected chi connectivity index (χ2v) is 5.22. The van der Waals surface area contributed by atoms with Crippen LogP contribution >= 0.6 is 0 Å². The Balaban J connectivity index is 2.02. The van der Waals surface area contributed by atoms with E-state index in [0.29, 0.717) is 5.92 Å². The Morgan fingerprint density at radius 3 is 2.39 bits per heavy atom. The molecule has 0 spiro atoms. The van der Waals surface area contributed by atoms with E-state index in [1.165, 1.54) is 12.0 Å². The molecular weight excluding hydrogens is 226 g/mol. The van der Waals surface area contributed by atoms with Gasteiger partial charge in [0.2, 0.25) is 0 Å². The molecule has 0 saturated heterocycles. The van der Waals surface area contributed by atoms with E-state index in [9.17, 15) is 0 Å². The Bertz CT molecular complexity index is 396. The first-order chi connectivity index (χ1) is 8.63. The molecule has 1 aliphatic rings. The Labute approximate surface area is 109 Å². The number of hydrogen-bond donors (Lipinski definition) is 1. The van der Waals surface area contributed by atoms with Crippen molar-refractivity contribution in [3.63, 3.8) is 0 Å². The normalized spacial score (nSPS) is 22.2. The predicted octanol–water partition coefficient (Wildman–Crippen LogP) is 1.95. The predicted molar refractivity (Wildman–Crippen MR) is 71.6 cm³/mol. The molecular formula is C14H23N3O. The van der Waals surface area contributed by atoms with Gasteiger partial charge in [-0.05, 0) is 26.2 Å². The molecule has 1 N–H and O–H groups in total. The molecule has 0 amide bonds. The fourth-order valence-electron chi connectivity index (χ4n) is 2.26. The van der Waals surface area contributed by atoms with Crippen LogP contribution in [0, 0.1) is 19.8 Å². The van der Waals surface area contributed by atoms with E-state index in [-0.39, 0.29) is 0 Å². The number of nitrogens with zero attached hydrogens (tertiary/aromatic N) is 2. The van der Waals surface area contributed by atoms with Crippen molar-refractivity contribution in [3.8, 4) is 0 Å². The molecule has 0 radical (unpaired) electrons. The van der Waals surface area contributed by atoms with Crippen molar-refractivity contribution in [1.82, 2.24) is 15.3 Å². The minimum absolute atomic E-state index is 0.595. The Hall–Kier alpha value is -1.00. The molecule has 1 fully saturated rings. The van der Waals surface area contributed by atoms with Gasteiger partial charge in [0, 0.05) is 43.1 Å². The van der Waals surface area contributed by atoms with Crippen LogP contribution in [0.1, 0.15) is 42.0 Å². The number of hydrogen-bond acceptors (Lipinski definition) is 4. The highest BCUT2D eigenvalue weighted by Crippen LogP contribution is 2.45. The minimum Gasteiger partial charge on any atom is -0.383 e. The maximum atomic E-state index is 5.02. The summed E-state index contributed by atoms with van der Waals surface area (Å²) in [7, 11) is 1.72. The molecule has 1 saturated carbocycles. The highest BCUT2D eigenvalue weighted by Gasteiger charge is 2.36. The molecule has 0 aliphatic heterocycles. The maximum absolute atomic E-state index is 5.02. The van der Waals surface area contributed by atoms with Crippen LogP contribution in [0.2, 0.25) is 0 Å². The monoisotopic (exact) mass is 249 g/mol. The first-order valence-corrected chi connectivity index (χ1v) is 6.67. The van der Waals surface area contributed by atoms with Gasteiger partial charge in [0.25, 0.3) is 0 Å². The average Bonchev–Trinajstić information content (AvgIpc) is 3.04. The van der Waals surface area contributed by atoms with Crippen molar-refractivity contribution in [1.29, 1.82) is 0 Å². The van der Waals surface area contributed by atoms with Crippen LogP contribution in [0.5, 0.6) is 0 Å². The van der Waals surface area contributed by atoms with Gasteiger partial charge in [-0.1, -0.05) is 6.92 Å². The third kappa shape index (κ3) is 3.06. The van der Waals surface area contributed by atoms with Crippen molar-refractivity contribution >= 4 is 0 Å². The van der Waals surface area contributed by atoms with Crippen molar-refractivity contribution in [3.05, 3.63) is 22.8 Å². The van der Waals surface area contributed by atoms with Gasteiger partial charge >= 0.3 is 0 Å². The van der Waals surface area contributed by atoms with Crippen LogP contribution in [-0.2, 0) is 11.3 Å². The Morgan fingerprint density at radius 2 is 1.89 bits per heavy atom. The van der Waals surface area contributed by atoms with E-state index in [0.717, 1.165) is 42.8 Å². The summed E-state index contributed by atoms with van der Waals surface area (Å²) in [5.41, 5.74) is 3.45. The molecule has 0 bridgehead atoms. The number of methoxy groups -OCH3 is 1. The molecule has 1 aliphatic carbocycles. The van der Waals surface area contributed by atoms with Crippen molar-refractivity contribution in [2.24, 2.45) is 5.92 Å². The Morgan fingerprint density at radius 1 is 1.28 bits per heavy atom. The van der Waals surface area contributed by atoms with Gasteiger partial charge in [-0.15, -0.1) is 0 Å². The quantitative estimate of drug-likeness (QED) is 0.783. The molecule has 18 heavy (non-hydrogen) atoms. The van der Waals surface area contributed by atoms with E-state index in [1.807, 2.05) is 0 Å². The van der Waals surface area contributed by atoms with E-state index in [2.05, 4.69) is 36.1 Å². The lowest BCUT2D eigenvalue weighted by molar-refractivity contribution is 0.199. The maximum Gasteiger partial charge on any atom is 0.132 e. The van der Waals surface area contributed by atoms with Crippen LogP contribution in [-0.4, -0.2) is 30.2 Å². The van der Waals surface area contributed by atoms with E-state index in [1.54, 1.807) is 7.11 Å². The smallest absolute Gasteiger partial charge is 0.132 e. The number of aryl methyl sites for hydroxylation is 2. The van der Waals surface area contributed by atoms with Crippen LogP contribution in [0.25, 0.3) is 0 Å². The zero-order valence-electron chi connectivity index (χ0n) is 11.8. The molecule has 1 aromatic heterocycles. The molecule has 2 unspecified atom stereocenters. The van der Waals surface area contributed by atoms with Crippen molar-refractivity contribution in [2.75, 3.05) is 20.3 Å². The summed E-state index contributed by atoms with van der Waals surface area (Å²) in [6.45, 7) is 8.84. The lowest BCUT2D eigenvalue weighted by Gasteiger charge is -2.11. The SMILES string of the molecule is COCCNCc1c(C)nc(C2CC2C)nc1C. The van der Waals surface area contributed by atoms with Gasteiger partial charge in [0.05, 0.1) is 6.61 Å². The molecule has 1 heterocycles. The van der Waals surface area contributed by atoms with Crippen molar-refractivity contribution in [2.45, 2.75) is 39.7 Å². The van der Waals surface area contributed by atoms with Gasteiger partial charge in [-0.25, -0.2) is 9.97 Å². The fourth-order valence-corrected chi connectivity index (χ4v) is 2.26. The zero-order chi connectivity index (χ0) is 13.1. The number of ether oxygens (including phenoxy) is 1. The van der Waals surface area contributed by atoms with Gasteiger partial charge < -0.3 is 10.1 Å². The first-order valence-electron chi connectivity index (χ1n) is 6.67. The third-order valence-corrected chi connectivity index (χ3v) is 3.66. The fraction of sp³-hybridized carbons (Fsp3) is 0.714. The summed E-state index contributed by atoms with van der Waals surface area (Å²) in [5, 5.41) is 3.35. The first kappa shape index (κ1) is 13.4. The molecule has 4 nitrogen and oxygen atoms in total. The van der Waals surface area contributed by atoms with Crippen LogP contribution in [0.4, 0.5) is 0 Å². The van der Waals surface area contributed by atoms with Crippen LogP contribution in [0.3, 0.4) is 0 Å². The van der Waals surface area contributed by atoms with Crippen LogP contribution < -0.4 is 5.32 Å². The summed E-state index contributed by atoms with van der Waals surface area (Å²) in [6.07, 6.45) is 1.24. The average molecular weight is 249 g/mol. The number of aromatic nitrogens is 2. The van der Waals surface area contributed by atoms with Crippen molar-refractivity contribution < 1.29 is 4.74 Å². The Kier molecular flexibility index (Phi) is 4.30. The summed E-state index contributed by atoms with van der Waals surface area (Å²) < 4.78 is 5.02. The molecule has 4 heteroatoms.